The van der Waals surface area contributed by atoms with Gasteiger partial charge in [0.15, 0.2) is 0 Å². The Morgan fingerprint density at radius 3 is 2.57 bits per heavy atom. The summed E-state index contributed by atoms with van der Waals surface area (Å²) in [5.74, 6) is 0.613. The van der Waals surface area contributed by atoms with Crippen molar-refractivity contribution >= 4 is 5.69 Å². The van der Waals surface area contributed by atoms with Crippen molar-refractivity contribution in [1.29, 1.82) is 0 Å². The molecule has 0 aromatic heterocycles. The molecule has 1 atom stereocenters. The van der Waals surface area contributed by atoms with Gasteiger partial charge in [-0.1, -0.05) is 6.07 Å². The topological polar surface area (TPSA) is 81.5 Å². The molecule has 1 aromatic carbocycles. The summed E-state index contributed by atoms with van der Waals surface area (Å²) in [6, 6.07) is 5.26. The number of benzene rings is 1. The molecule has 0 radical (unpaired) electrons. The van der Waals surface area contributed by atoms with Crippen molar-refractivity contribution in [2.45, 2.75) is 12.5 Å². The average Bonchev–Trinajstić information content (AvgIpc) is 2.17. The molecule has 5 N–H and O–H groups in total. The molecule has 0 heterocycles. The highest BCUT2D eigenvalue weighted by atomic mass is 16.5. The van der Waals surface area contributed by atoms with E-state index in [0.717, 1.165) is 5.56 Å². The van der Waals surface area contributed by atoms with E-state index in [2.05, 4.69) is 0 Å². The minimum atomic E-state index is -0.764. The molecule has 0 saturated carbocycles. The van der Waals surface area contributed by atoms with Crippen molar-refractivity contribution in [1.82, 2.24) is 0 Å². The van der Waals surface area contributed by atoms with Crippen molar-refractivity contribution in [3.63, 3.8) is 0 Å². The van der Waals surface area contributed by atoms with E-state index in [1.54, 1.807) is 32.2 Å². The number of nitrogen functional groups attached to an aromatic ring is 1. The second kappa shape index (κ2) is 3.86. The van der Waals surface area contributed by atoms with E-state index >= 15 is 0 Å². The number of aliphatic hydroxyl groups is 1. The summed E-state index contributed by atoms with van der Waals surface area (Å²) in [5.41, 5.74) is 12.1. The van der Waals surface area contributed by atoms with Crippen LogP contribution in [0.5, 0.6) is 5.75 Å². The summed E-state index contributed by atoms with van der Waals surface area (Å²) in [4.78, 5) is 0. The molecular formula is C10H16N2O2. The van der Waals surface area contributed by atoms with Crippen molar-refractivity contribution in [2.75, 3.05) is 19.5 Å². The summed E-state index contributed by atoms with van der Waals surface area (Å²) >= 11 is 0. The van der Waals surface area contributed by atoms with Crippen LogP contribution in [0, 0.1) is 0 Å². The third-order valence-corrected chi connectivity index (χ3v) is 2.22. The molecule has 0 unspecified atom stereocenters. The summed E-state index contributed by atoms with van der Waals surface area (Å²) in [5, 5.41) is 9.07. The Bertz CT molecular complexity index is 324. The van der Waals surface area contributed by atoms with Crippen molar-refractivity contribution in [3.8, 4) is 5.75 Å². The predicted octanol–water partition coefficient (Wildman–Crippen LogP) is 0.444. The van der Waals surface area contributed by atoms with Gasteiger partial charge < -0.3 is 21.3 Å². The van der Waals surface area contributed by atoms with Crippen molar-refractivity contribution < 1.29 is 9.84 Å². The summed E-state index contributed by atoms with van der Waals surface area (Å²) < 4.78 is 5.02. The number of methoxy groups -OCH3 is 1. The smallest absolute Gasteiger partial charge is 0.141 e. The van der Waals surface area contributed by atoms with Crippen LogP contribution in [-0.2, 0) is 5.54 Å². The monoisotopic (exact) mass is 196 g/mol. The molecule has 0 spiro atoms. The predicted molar refractivity (Wildman–Crippen MR) is 56.0 cm³/mol. The Hall–Kier alpha value is -1.26. The van der Waals surface area contributed by atoms with Gasteiger partial charge in [0.25, 0.3) is 0 Å². The summed E-state index contributed by atoms with van der Waals surface area (Å²) in [7, 11) is 1.55. The largest absolute Gasteiger partial charge is 0.495 e. The molecular weight excluding hydrogens is 180 g/mol. The van der Waals surface area contributed by atoms with E-state index in [4.69, 9.17) is 21.3 Å². The first-order chi connectivity index (χ1) is 6.51. The first-order valence-electron chi connectivity index (χ1n) is 4.35. The molecule has 78 valence electrons. The normalized spacial score (nSPS) is 14.9. The van der Waals surface area contributed by atoms with E-state index in [1.165, 1.54) is 0 Å². The summed E-state index contributed by atoms with van der Waals surface area (Å²) in [6.07, 6.45) is 0. The molecule has 0 aliphatic heterocycles. The SMILES string of the molecule is COc1ccc([C@](C)(N)CO)cc1N. The second-order valence-corrected chi connectivity index (χ2v) is 3.53. The number of hydrogen-bond donors (Lipinski definition) is 3. The first kappa shape index (κ1) is 10.8. The zero-order valence-electron chi connectivity index (χ0n) is 8.45. The molecule has 0 saturated heterocycles. The fourth-order valence-corrected chi connectivity index (χ4v) is 1.18. The Morgan fingerprint density at radius 2 is 2.14 bits per heavy atom. The van der Waals surface area contributed by atoms with Gasteiger partial charge in [0, 0.05) is 0 Å². The van der Waals surface area contributed by atoms with Gasteiger partial charge in [0.05, 0.1) is 24.9 Å². The maximum atomic E-state index is 9.07. The van der Waals surface area contributed by atoms with Crippen molar-refractivity contribution in [2.24, 2.45) is 5.73 Å². The number of rotatable bonds is 3. The van der Waals surface area contributed by atoms with Gasteiger partial charge in [-0.25, -0.2) is 0 Å². The molecule has 4 heteroatoms. The molecule has 1 rings (SSSR count). The van der Waals surface area contributed by atoms with Gasteiger partial charge in [0.1, 0.15) is 5.75 Å². The van der Waals surface area contributed by atoms with Gasteiger partial charge in [0.2, 0.25) is 0 Å². The maximum absolute atomic E-state index is 9.07. The van der Waals surface area contributed by atoms with Crippen LogP contribution >= 0.6 is 0 Å². The lowest BCUT2D eigenvalue weighted by atomic mass is 9.94. The standard InChI is InChI=1S/C10H16N2O2/c1-10(12,6-13)7-3-4-9(14-2)8(11)5-7/h3-5,13H,6,11-12H2,1-2H3/t10-/m1/s1. The third-order valence-electron chi connectivity index (χ3n) is 2.22. The quantitative estimate of drug-likeness (QED) is 0.613. The van der Waals surface area contributed by atoms with Crippen molar-refractivity contribution in [3.05, 3.63) is 23.8 Å². The van der Waals surface area contributed by atoms with E-state index < -0.39 is 5.54 Å². The van der Waals surface area contributed by atoms with E-state index in [9.17, 15) is 0 Å². The molecule has 0 aliphatic rings. The number of ether oxygens (including phenoxy) is 1. The van der Waals surface area contributed by atoms with Crippen LogP contribution in [0.2, 0.25) is 0 Å². The molecule has 0 amide bonds. The lowest BCUT2D eigenvalue weighted by Gasteiger charge is -2.23. The van der Waals surface area contributed by atoms with Crippen LogP contribution in [0.25, 0.3) is 0 Å². The van der Waals surface area contributed by atoms with Gasteiger partial charge in [-0.15, -0.1) is 0 Å². The molecule has 0 fully saturated rings. The van der Waals surface area contributed by atoms with E-state index in [1.807, 2.05) is 0 Å². The minimum absolute atomic E-state index is 0.126. The lowest BCUT2D eigenvalue weighted by molar-refractivity contribution is 0.210. The third kappa shape index (κ3) is 1.97. The van der Waals surface area contributed by atoms with Crippen LogP contribution in [0.1, 0.15) is 12.5 Å². The Balaban J connectivity index is 3.08. The average molecular weight is 196 g/mol. The Kier molecular flexibility index (Phi) is 2.98. The maximum Gasteiger partial charge on any atom is 0.141 e. The van der Waals surface area contributed by atoms with Crippen LogP contribution in [0.15, 0.2) is 18.2 Å². The van der Waals surface area contributed by atoms with Crippen LogP contribution in [-0.4, -0.2) is 18.8 Å². The van der Waals surface area contributed by atoms with E-state index in [0.29, 0.717) is 11.4 Å². The number of aliphatic hydroxyl groups excluding tert-OH is 1. The Morgan fingerprint density at radius 1 is 1.50 bits per heavy atom. The fraction of sp³-hybridized carbons (Fsp3) is 0.400. The highest BCUT2D eigenvalue weighted by molar-refractivity contribution is 5.55. The lowest BCUT2D eigenvalue weighted by Crippen LogP contribution is -2.36. The fourth-order valence-electron chi connectivity index (χ4n) is 1.18. The molecule has 1 aromatic rings. The molecule has 0 aliphatic carbocycles. The van der Waals surface area contributed by atoms with Gasteiger partial charge in [-0.3, -0.25) is 0 Å². The highest BCUT2D eigenvalue weighted by Crippen LogP contribution is 2.26. The summed E-state index contributed by atoms with van der Waals surface area (Å²) in [6.45, 7) is 1.62. The number of hydrogen-bond acceptors (Lipinski definition) is 4. The zero-order valence-corrected chi connectivity index (χ0v) is 8.45. The Labute approximate surface area is 83.5 Å². The van der Waals surface area contributed by atoms with Crippen LogP contribution in [0.4, 0.5) is 5.69 Å². The molecule has 4 nitrogen and oxygen atoms in total. The van der Waals surface area contributed by atoms with Crippen LogP contribution < -0.4 is 16.2 Å². The molecule has 14 heavy (non-hydrogen) atoms. The number of anilines is 1. The highest BCUT2D eigenvalue weighted by Gasteiger charge is 2.20. The van der Waals surface area contributed by atoms with Crippen LogP contribution in [0.3, 0.4) is 0 Å². The minimum Gasteiger partial charge on any atom is -0.495 e. The van der Waals surface area contributed by atoms with Gasteiger partial charge in [-0.05, 0) is 24.6 Å². The second-order valence-electron chi connectivity index (χ2n) is 3.53. The number of nitrogens with two attached hydrogens (primary N) is 2. The van der Waals surface area contributed by atoms with Gasteiger partial charge >= 0.3 is 0 Å². The van der Waals surface area contributed by atoms with Gasteiger partial charge in [-0.2, -0.15) is 0 Å². The molecule has 0 bridgehead atoms. The zero-order chi connectivity index (χ0) is 10.8. The van der Waals surface area contributed by atoms with E-state index in [-0.39, 0.29) is 6.61 Å². The first-order valence-corrected chi connectivity index (χ1v) is 4.35.